The maximum Gasteiger partial charge on any atom is 0.0389 e. The molecule has 0 aromatic carbocycles. The zero-order valence-electron chi connectivity index (χ0n) is 11.9. The summed E-state index contributed by atoms with van der Waals surface area (Å²) < 4.78 is 0. The minimum atomic E-state index is 0.488. The first-order valence-electron chi connectivity index (χ1n) is 7.16. The Morgan fingerprint density at radius 2 is 2.17 bits per heavy atom. The first-order chi connectivity index (χ1) is 8.68. The highest BCUT2D eigenvalue weighted by molar-refractivity contribution is 7.10. The molecule has 102 valence electrons. The molecular weight excluding hydrogens is 240 g/mol. The Hall–Kier alpha value is -0.380. The van der Waals surface area contributed by atoms with E-state index >= 15 is 0 Å². The number of hydrogen-bond acceptors (Lipinski definition) is 3. The van der Waals surface area contributed by atoms with Crippen LogP contribution in [0.3, 0.4) is 0 Å². The number of hydrogen-bond donors (Lipinski definition) is 1. The molecule has 1 heterocycles. The molecule has 1 aromatic rings. The Labute approximate surface area is 115 Å². The number of thiophene rings is 1. The average Bonchev–Trinajstić information content (AvgIpc) is 2.99. The lowest BCUT2D eigenvalue weighted by atomic mass is 10.2. The van der Waals surface area contributed by atoms with E-state index in [1.165, 1.54) is 42.7 Å². The van der Waals surface area contributed by atoms with Gasteiger partial charge in [0.15, 0.2) is 0 Å². The van der Waals surface area contributed by atoms with E-state index < -0.39 is 0 Å². The molecule has 0 saturated heterocycles. The summed E-state index contributed by atoms with van der Waals surface area (Å²) in [5.74, 6) is 0. The highest BCUT2D eigenvalue weighted by atomic mass is 32.1. The van der Waals surface area contributed by atoms with Crippen molar-refractivity contribution in [3.63, 3.8) is 0 Å². The maximum absolute atomic E-state index is 3.65. The van der Waals surface area contributed by atoms with E-state index in [-0.39, 0.29) is 0 Å². The molecule has 1 fully saturated rings. The molecule has 0 aliphatic heterocycles. The Morgan fingerprint density at radius 1 is 1.44 bits per heavy atom. The molecule has 3 heteroatoms. The average molecular weight is 266 g/mol. The van der Waals surface area contributed by atoms with E-state index in [0.717, 1.165) is 12.6 Å². The van der Waals surface area contributed by atoms with E-state index in [4.69, 9.17) is 0 Å². The first kappa shape index (κ1) is 14.0. The third kappa shape index (κ3) is 3.56. The van der Waals surface area contributed by atoms with Gasteiger partial charge >= 0.3 is 0 Å². The van der Waals surface area contributed by atoms with Crippen molar-refractivity contribution in [2.45, 2.75) is 51.6 Å². The lowest BCUT2D eigenvalue weighted by Gasteiger charge is -2.25. The predicted octanol–water partition coefficient (Wildman–Crippen LogP) is 3.58. The van der Waals surface area contributed by atoms with Crippen molar-refractivity contribution in [1.29, 1.82) is 0 Å². The van der Waals surface area contributed by atoms with E-state index in [9.17, 15) is 0 Å². The summed E-state index contributed by atoms with van der Waals surface area (Å²) in [4.78, 5) is 4.02. The van der Waals surface area contributed by atoms with Gasteiger partial charge in [-0.1, -0.05) is 12.8 Å². The molecule has 1 aliphatic carbocycles. The number of aryl methyl sites for hydroxylation is 1. The fraction of sp³-hybridized carbons (Fsp3) is 0.733. The zero-order chi connectivity index (χ0) is 13.0. The van der Waals surface area contributed by atoms with E-state index in [1.54, 1.807) is 0 Å². The number of rotatable bonds is 6. The van der Waals surface area contributed by atoms with Crippen LogP contribution in [0.4, 0.5) is 0 Å². The lowest BCUT2D eigenvalue weighted by Crippen LogP contribution is -2.36. The molecule has 1 N–H and O–H groups in total. The van der Waals surface area contributed by atoms with E-state index in [2.05, 4.69) is 42.6 Å². The van der Waals surface area contributed by atoms with Gasteiger partial charge in [0.1, 0.15) is 0 Å². The highest BCUT2D eigenvalue weighted by Gasteiger charge is 2.19. The van der Waals surface area contributed by atoms with Gasteiger partial charge < -0.3 is 10.2 Å². The number of nitrogens with one attached hydrogen (secondary N) is 1. The minimum absolute atomic E-state index is 0.488. The van der Waals surface area contributed by atoms with Crippen molar-refractivity contribution in [1.82, 2.24) is 10.2 Å². The molecule has 0 amide bonds. The molecule has 0 radical (unpaired) electrons. The Bertz CT molecular complexity index is 355. The van der Waals surface area contributed by atoms with Crippen LogP contribution in [0.1, 0.15) is 49.1 Å². The van der Waals surface area contributed by atoms with Gasteiger partial charge in [-0.05, 0) is 50.7 Å². The summed E-state index contributed by atoms with van der Waals surface area (Å²) in [7, 11) is 2.28. The molecule has 0 spiro atoms. The maximum atomic E-state index is 3.65. The lowest BCUT2D eigenvalue weighted by molar-refractivity contribution is 0.243. The summed E-state index contributed by atoms with van der Waals surface area (Å²) in [6, 6.07) is 3.54. The van der Waals surface area contributed by atoms with Crippen LogP contribution in [0.25, 0.3) is 0 Å². The normalized spacial score (nSPS) is 18.7. The predicted molar refractivity (Wildman–Crippen MR) is 80.4 cm³/mol. The summed E-state index contributed by atoms with van der Waals surface area (Å²) in [5, 5.41) is 5.84. The van der Waals surface area contributed by atoms with Crippen LogP contribution in [0.2, 0.25) is 0 Å². The van der Waals surface area contributed by atoms with Crippen molar-refractivity contribution in [2.24, 2.45) is 0 Å². The standard InChI is InChI=1S/C15H26N2S/c1-12-8-11-18-15(12)13(2)16-9-10-17(3)14-6-4-5-7-14/h8,11,13-14,16H,4-7,9-10H2,1-3H3. The van der Waals surface area contributed by atoms with Crippen LogP contribution in [-0.2, 0) is 0 Å². The second kappa shape index (κ2) is 6.69. The molecule has 0 bridgehead atoms. The van der Waals surface area contributed by atoms with Gasteiger partial charge in [-0.3, -0.25) is 0 Å². The molecule has 1 aliphatic rings. The van der Waals surface area contributed by atoms with Crippen molar-refractivity contribution in [2.75, 3.05) is 20.1 Å². The Kier molecular flexibility index (Phi) is 5.22. The molecule has 18 heavy (non-hydrogen) atoms. The molecule has 2 nitrogen and oxygen atoms in total. The highest BCUT2D eigenvalue weighted by Crippen LogP contribution is 2.24. The Morgan fingerprint density at radius 3 is 2.78 bits per heavy atom. The minimum Gasteiger partial charge on any atom is -0.308 e. The summed E-state index contributed by atoms with van der Waals surface area (Å²) in [5.41, 5.74) is 1.42. The third-order valence-electron chi connectivity index (χ3n) is 4.16. The van der Waals surface area contributed by atoms with Gasteiger partial charge in [0.05, 0.1) is 0 Å². The molecule has 1 saturated carbocycles. The van der Waals surface area contributed by atoms with Gasteiger partial charge in [-0.25, -0.2) is 0 Å². The quantitative estimate of drug-likeness (QED) is 0.846. The third-order valence-corrected chi connectivity index (χ3v) is 5.36. The molecular formula is C15H26N2S. The monoisotopic (exact) mass is 266 g/mol. The summed E-state index contributed by atoms with van der Waals surface area (Å²) in [6.45, 7) is 6.73. The van der Waals surface area contributed by atoms with Crippen molar-refractivity contribution in [3.05, 3.63) is 21.9 Å². The fourth-order valence-corrected chi connectivity index (χ4v) is 3.87. The van der Waals surface area contributed by atoms with Crippen molar-refractivity contribution in [3.8, 4) is 0 Å². The largest absolute Gasteiger partial charge is 0.308 e. The van der Waals surface area contributed by atoms with Gasteiger partial charge in [0.25, 0.3) is 0 Å². The van der Waals surface area contributed by atoms with Crippen molar-refractivity contribution >= 4 is 11.3 Å². The summed E-state index contributed by atoms with van der Waals surface area (Å²) in [6.07, 6.45) is 5.65. The van der Waals surface area contributed by atoms with Crippen LogP contribution >= 0.6 is 11.3 Å². The number of likely N-dealkylation sites (N-methyl/N-ethyl adjacent to an activating group) is 1. The second-order valence-electron chi connectivity index (χ2n) is 5.56. The second-order valence-corrected chi connectivity index (χ2v) is 6.51. The molecule has 1 unspecified atom stereocenters. The van der Waals surface area contributed by atoms with Gasteiger partial charge in [-0.15, -0.1) is 11.3 Å². The topological polar surface area (TPSA) is 15.3 Å². The molecule has 1 atom stereocenters. The van der Waals surface area contributed by atoms with Crippen LogP contribution in [0.15, 0.2) is 11.4 Å². The zero-order valence-corrected chi connectivity index (χ0v) is 12.7. The van der Waals surface area contributed by atoms with E-state index in [1.807, 2.05) is 11.3 Å². The van der Waals surface area contributed by atoms with Crippen molar-refractivity contribution < 1.29 is 0 Å². The van der Waals surface area contributed by atoms with Crippen LogP contribution in [-0.4, -0.2) is 31.1 Å². The molecule has 1 aromatic heterocycles. The SMILES string of the molecule is Cc1ccsc1C(C)NCCN(C)C1CCCC1. The first-order valence-corrected chi connectivity index (χ1v) is 8.04. The van der Waals surface area contributed by atoms with E-state index in [0.29, 0.717) is 6.04 Å². The van der Waals surface area contributed by atoms with Gasteiger partial charge in [0.2, 0.25) is 0 Å². The molecule has 2 rings (SSSR count). The van der Waals surface area contributed by atoms with Crippen LogP contribution in [0, 0.1) is 6.92 Å². The van der Waals surface area contributed by atoms with Crippen LogP contribution in [0.5, 0.6) is 0 Å². The number of nitrogens with zero attached hydrogens (tertiary/aromatic N) is 1. The van der Waals surface area contributed by atoms with Crippen LogP contribution < -0.4 is 5.32 Å². The smallest absolute Gasteiger partial charge is 0.0389 e. The summed E-state index contributed by atoms with van der Waals surface area (Å²) >= 11 is 1.87. The Balaban J connectivity index is 1.70. The van der Waals surface area contributed by atoms with Gasteiger partial charge in [0, 0.05) is 30.1 Å². The van der Waals surface area contributed by atoms with Gasteiger partial charge in [-0.2, -0.15) is 0 Å². The fourth-order valence-electron chi connectivity index (χ4n) is 2.91.